The number of nitrogens with zero attached hydrogens (tertiary/aromatic N) is 6. The first kappa shape index (κ1) is 39.8. The van der Waals surface area contributed by atoms with E-state index >= 15 is 0 Å². The molecule has 0 saturated heterocycles. The van der Waals surface area contributed by atoms with Gasteiger partial charge < -0.3 is 0 Å². The Morgan fingerprint density at radius 3 is 0.742 bits per heavy atom. The van der Waals surface area contributed by atoms with Crippen molar-refractivity contribution in [2.24, 2.45) is 0 Å². The summed E-state index contributed by atoms with van der Waals surface area (Å²) < 4.78 is 0. The maximum atomic E-state index is 5.14. The average molecular weight is 845 g/mol. The van der Waals surface area contributed by atoms with E-state index < -0.39 is 0 Å². The van der Waals surface area contributed by atoms with Crippen LogP contribution >= 0.6 is 0 Å². The van der Waals surface area contributed by atoms with Crippen molar-refractivity contribution < 1.29 is 0 Å². The van der Waals surface area contributed by atoms with Crippen molar-refractivity contribution in [3.63, 3.8) is 0 Å². The zero-order valence-corrected chi connectivity index (χ0v) is 35.8. The maximum Gasteiger partial charge on any atom is 0.164 e. The molecular weight excluding hydrogens is 805 g/mol. The maximum absolute atomic E-state index is 5.14. The van der Waals surface area contributed by atoms with Gasteiger partial charge in [-0.2, -0.15) is 0 Å². The van der Waals surface area contributed by atoms with E-state index in [1.165, 1.54) is 11.1 Å². The van der Waals surface area contributed by atoms with Crippen LogP contribution in [0.2, 0.25) is 0 Å². The summed E-state index contributed by atoms with van der Waals surface area (Å²) in [5.74, 6) is 3.59. The lowest BCUT2D eigenvalue weighted by Gasteiger charge is -2.13. The van der Waals surface area contributed by atoms with Gasteiger partial charge in [0.15, 0.2) is 34.9 Å². The molecule has 310 valence electrons. The third kappa shape index (κ3) is 8.54. The fourth-order valence-corrected chi connectivity index (χ4v) is 8.14. The van der Waals surface area contributed by atoms with Crippen molar-refractivity contribution in [1.29, 1.82) is 0 Å². The van der Waals surface area contributed by atoms with Crippen LogP contribution in [-0.4, -0.2) is 29.9 Å². The van der Waals surface area contributed by atoms with Crippen LogP contribution in [0.4, 0.5) is 0 Å². The van der Waals surface area contributed by atoms with E-state index in [0.717, 1.165) is 66.8 Å². The summed E-state index contributed by atoms with van der Waals surface area (Å²) >= 11 is 0. The van der Waals surface area contributed by atoms with Gasteiger partial charge in [-0.15, -0.1) is 0 Å². The molecule has 0 unspecified atom stereocenters. The fourth-order valence-electron chi connectivity index (χ4n) is 8.14. The molecule has 11 aromatic rings. The molecular formula is C60H40N6. The van der Waals surface area contributed by atoms with Crippen LogP contribution in [0.25, 0.3) is 113 Å². The third-order valence-corrected chi connectivity index (χ3v) is 11.6. The Hall–Kier alpha value is -9.00. The fraction of sp³-hybridized carbons (Fsp3) is 0. The van der Waals surface area contributed by atoms with Crippen molar-refractivity contribution in [2.75, 3.05) is 0 Å². The summed E-state index contributed by atoms with van der Waals surface area (Å²) in [6, 6.07) is 83.2. The van der Waals surface area contributed by atoms with Crippen molar-refractivity contribution >= 4 is 0 Å². The molecule has 11 rings (SSSR count). The molecule has 0 bridgehead atoms. The molecule has 0 aliphatic carbocycles. The smallest absolute Gasteiger partial charge is 0.164 e. The van der Waals surface area contributed by atoms with Gasteiger partial charge in [0.2, 0.25) is 0 Å². The molecule has 0 aliphatic heterocycles. The van der Waals surface area contributed by atoms with Crippen LogP contribution in [0.1, 0.15) is 0 Å². The molecule has 0 aliphatic rings. The van der Waals surface area contributed by atoms with Crippen molar-refractivity contribution in [3.8, 4) is 113 Å². The Balaban J connectivity index is 0.995. The minimum absolute atomic E-state index is 0.582. The van der Waals surface area contributed by atoms with Gasteiger partial charge in [0, 0.05) is 33.4 Å². The van der Waals surface area contributed by atoms with Gasteiger partial charge >= 0.3 is 0 Å². The standard InChI is InChI=1S/C60H40N6/c1-6-17-41(18-7-1)43-29-31-44(32-30-43)45-33-35-49(36-34-45)58-62-55(46-21-10-3-11-22-46)63-59(64-58)51-28-16-27-50(37-51)53-38-52(42-19-8-2-9-20-42)39-54(40-53)60-65-56(47-23-12-4-13-24-47)61-57(66-60)48-25-14-5-15-26-48/h1-40H. The zero-order chi connectivity index (χ0) is 44.1. The predicted octanol–water partition coefficient (Wildman–Crippen LogP) is 14.7. The second-order valence-corrected chi connectivity index (χ2v) is 16.0. The minimum atomic E-state index is 0.582. The van der Waals surface area contributed by atoms with Crippen LogP contribution in [0.3, 0.4) is 0 Å². The molecule has 0 spiro atoms. The molecule has 0 fully saturated rings. The average Bonchev–Trinajstić information content (AvgIpc) is 3.42. The van der Waals surface area contributed by atoms with Gasteiger partial charge in [0.25, 0.3) is 0 Å². The Bertz CT molecular complexity index is 3360. The number of hydrogen-bond acceptors (Lipinski definition) is 6. The summed E-state index contributed by atoms with van der Waals surface area (Å²) in [5, 5.41) is 0. The Kier molecular flexibility index (Phi) is 10.9. The largest absolute Gasteiger partial charge is 0.208 e. The highest BCUT2D eigenvalue weighted by Gasteiger charge is 2.17. The van der Waals surface area contributed by atoms with Gasteiger partial charge in [0.05, 0.1) is 0 Å². The van der Waals surface area contributed by atoms with Crippen LogP contribution in [0.5, 0.6) is 0 Å². The lowest BCUT2D eigenvalue weighted by atomic mass is 9.95. The normalized spacial score (nSPS) is 11.0. The van der Waals surface area contributed by atoms with E-state index in [4.69, 9.17) is 29.9 Å². The molecule has 0 radical (unpaired) electrons. The second kappa shape index (κ2) is 18.0. The number of aromatic nitrogens is 6. The number of rotatable bonds is 10. The second-order valence-electron chi connectivity index (χ2n) is 16.0. The van der Waals surface area contributed by atoms with Crippen LogP contribution in [0, 0.1) is 0 Å². The number of benzene rings is 9. The highest BCUT2D eigenvalue weighted by molar-refractivity contribution is 5.82. The monoisotopic (exact) mass is 844 g/mol. The first-order valence-electron chi connectivity index (χ1n) is 21.9. The van der Waals surface area contributed by atoms with Gasteiger partial charge in [-0.25, -0.2) is 29.9 Å². The summed E-state index contributed by atoms with van der Waals surface area (Å²) in [4.78, 5) is 30.4. The van der Waals surface area contributed by atoms with Crippen molar-refractivity contribution in [3.05, 3.63) is 243 Å². The van der Waals surface area contributed by atoms with Crippen molar-refractivity contribution in [1.82, 2.24) is 29.9 Å². The molecule has 2 heterocycles. The SMILES string of the molecule is c1ccc(-c2ccc(-c3ccc(-c4nc(-c5ccccc5)nc(-c5cccc(-c6cc(-c7ccccc7)cc(-c7nc(-c8ccccc8)nc(-c8ccccc8)n7)c6)c5)n4)cc3)cc2)cc1. The van der Waals surface area contributed by atoms with E-state index in [1.807, 2.05) is 103 Å². The van der Waals surface area contributed by atoms with E-state index in [-0.39, 0.29) is 0 Å². The predicted molar refractivity (Wildman–Crippen MR) is 268 cm³/mol. The summed E-state index contributed by atoms with van der Waals surface area (Å²) in [5.41, 5.74) is 14.2. The summed E-state index contributed by atoms with van der Waals surface area (Å²) in [6.45, 7) is 0. The van der Waals surface area contributed by atoms with Gasteiger partial charge in [0.1, 0.15) is 0 Å². The van der Waals surface area contributed by atoms with Crippen LogP contribution in [0.15, 0.2) is 243 Å². The molecule has 0 N–H and O–H groups in total. The van der Waals surface area contributed by atoms with Crippen LogP contribution < -0.4 is 0 Å². The molecule has 0 atom stereocenters. The van der Waals surface area contributed by atoms with Crippen LogP contribution in [-0.2, 0) is 0 Å². The molecule has 6 nitrogen and oxygen atoms in total. The molecule has 66 heavy (non-hydrogen) atoms. The topological polar surface area (TPSA) is 77.3 Å². The molecule has 6 heteroatoms. The van der Waals surface area contributed by atoms with Gasteiger partial charge in [-0.1, -0.05) is 218 Å². The zero-order valence-electron chi connectivity index (χ0n) is 35.8. The van der Waals surface area contributed by atoms with Gasteiger partial charge in [-0.05, 0) is 68.8 Å². The summed E-state index contributed by atoms with van der Waals surface area (Å²) in [6.07, 6.45) is 0. The Morgan fingerprint density at radius 2 is 0.348 bits per heavy atom. The van der Waals surface area contributed by atoms with E-state index in [0.29, 0.717) is 34.9 Å². The third-order valence-electron chi connectivity index (χ3n) is 11.6. The van der Waals surface area contributed by atoms with E-state index in [2.05, 4.69) is 140 Å². The van der Waals surface area contributed by atoms with Crippen molar-refractivity contribution in [2.45, 2.75) is 0 Å². The molecule has 2 aromatic heterocycles. The Labute approximate surface area is 383 Å². The van der Waals surface area contributed by atoms with E-state index in [9.17, 15) is 0 Å². The molecule has 9 aromatic carbocycles. The summed E-state index contributed by atoms with van der Waals surface area (Å²) in [7, 11) is 0. The lowest BCUT2D eigenvalue weighted by molar-refractivity contribution is 1.07. The van der Waals surface area contributed by atoms with Gasteiger partial charge in [-0.3, -0.25) is 0 Å². The molecule has 0 amide bonds. The highest BCUT2D eigenvalue weighted by atomic mass is 15.0. The highest BCUT2D eigenvalue weighted by Crippen LogP contribution is 2.36. The number of hydrogen-bond donors (Lipinski definition) is 0. The first-order chi connectivity index (χ1) is 32.7. The Morgan fingerprint density at radius 1 is 0.136 bits per heavy atom. The molecule has 0 saturated carbocycles. The quantitative estimate of drug-likeness (QED) is 0.136. The van der Waals surface area contributed by atoms with E-state index in [1.54, 1.807) is 0 Å². The first-order valence-corrected chi connectivity index (χ1v) is 21.9. The minimum Gasteiger partial charge on any atom is -0.208 e. The lowest BCUT2D eigenvalue weighted by Crippen LogP contribution is -2.01.